The van der Waals surface area contributed by atoms with Crippen molar-refractivity contribution in [2.24, 2.45) is 5.73 Å². The Morgan fingerprint density at radius 2 is 1.94 bits per heavy atom. The smallest absolute Gasteiger partial charge is 0.326 e. The Morgan fingerprint density at radius 1 is 1.28 bits per heavy atom. The third-order valence-electron chi connectivity index (χ3n) is 2.68. The van der Waals surface area contributed by atoms with E-state index in [1.807, 2.05) is 0 Å². The number of nitrogens with zero attached hydrogens (tertiary/aromatic N) is 2. The Labute approximate surface area is 102 Å². The van der Waals surface area contributed by atoms with Crippen LogP contribution in [0.1, 0.15) is 16.8 Å². The van der Waals surface area contributed by atoms with E-state index in [9.17, 15) is 13.2 Å². The molecule has 3 nitrogen and oxygen atoms in total. The average molecular weight is 255 g/mol. The first-order valence-corrected chi connectivity index (χ1v) is 5.35. The predicted octanol–water partition coefficient (Wildman–Crippen LogP) is 2.66. The van der Waals surface area contributed by atoms with Gasteiger partial charge in [-0.15, -0.1) is 0 Å². The molecule has 2 rings (SSSR count). The van der Waals surface area contributed by atoms with Crippen molar-refractivity contribution in [3.63, 3.8) is 0 Å². The molecule has 0 aliphatic rings. The molecule has 18 heavy (non-hydrogen) atoms. The number of aryl methyl sites for hydroxylation is 1. The lowest BCUT2D eigenvalue weighted by atomic mass is 10.2. The molecule has 0 aliphatic heterocycles. The van der Waals surface area contributed by atoms with Crippen LogP contribution < -0.4 is 5.73 Å². The highest BCUT2D eigenvalue weighted by molar-refractivity contribution is 5.42. The van der Waals surface area contributed by atoms with Gasteiger partial charge in [0.1, 0.15) is 0 Å². The molecule has 1 aromatic heterocycles. The van der Waals surface area contributed by atoms with E-state index >= 15 is 0 Å². The zero-order valence-electron chi connectivity index (χ0n) is 9.70. The average Bonchev–Trinajstić information content (AvgIpc) is 2.73. The van der Waals surface area contributed by atoms with Gasteiger partial charge in [-0.2, -0.15) is 18.3 Å². The first kappa shape index (κ1) is 12.6. The Morgan fingerprint density at radius 3 is 2.50 bits per heavy atom. The summed E-state index contributed by atoms with van der Waals surface area (Å²) in [5, 5.41) is 3.80. The van der Waals surface area contributed by atoms with Crippen LogP contribution in [0.2, 0.25) is 0 Å². The van der Waals surface area contributed by atoms with E-state index in [2.05, 4.69) is 5.10 Å². The third kappa shape index (κ3) is 2.11. The summed E-state index contributed by atoms with van der Waals surface area (Å²) >= 11 is 0. The standard InChI is InChI=1S/C12H12F3N3/c1-8-4-2-3-5-10(8)18-11(12(13,14)15)9(6-16)7-17-18/h2-5,7H,6,16H2,1H3. The normalized spacial score (nSPS) is 11.8. The van der Waals surface area contributed by atoms with E-state index in [-0.39, 0.29) is 12.1 Å². The van der Waals surface area contributed by atoms with Gasteiger partial charge in [0.15, 0.2) is 5.69 Å². The van der Waals surface area contributed by atoms with Crippen LogP contribution in [0.5, 0.6) is 0 Å². The Balaban J connectivity index is 2.66. The highest BCUT2D eigenvalue weighted by atomic mass is 19.4. The van der Waals surface area contributed by atoms with Crippen molar-refractivity contribution in [1.29, 1.82) is 0 Å². The van der Waals surface area contributed by atoms with Gasteiger partial charge in [0.25, 0.3) is 0 Å². The molecule has 1 heterocycles. The van der Waals surface area contributed by atoms with Crippen molar-refractivity contribution in [3.8, 4) is 5.69 Å². The molecule has 96 valence electrons. The molecule has 2 aromatic rings. The van der Waals surface area contributed by atoms with E-state index < -0.39 is 11.9 Å². The largest absolute Gasteiger partial charge is 0.433 e. The maximum Gasteiger partial charge on any atom is 0.433 e. The fourth-order valence-corrected chi connectivity index (χ4v) is 1.82. The maximum absolute atomic E-state index is 13.0. The van der Waals surface area contributed by atoms with Crippen molar-refractivity contribution in [2.45, 2.75) is 19.6 Å². The van der Waals surface area contributed by atoms with Crippen LogP contribution in [0, 0.1) is 6.92 Å². The van der Waals surface area contributed by atoms with Crippen molar-refractivity contribution in [3.05, 3.63) is 47.3 Å². The van der Waals surface area contributed by atoms with Gasteiger partial charge in [-0.25, -0.2) is 4.68 Å². The van der Waals surface area contributed by atoms with Crippen LogP contribution >= 0.6 is 0 Å². The molecule has 0 saturated carbocycles. The predicted molar refractivity (Wildman–Crippen MR) is 61.2 cm³/mol. The second kappa shape index (κ2) is 4.45. The van der Waals surface area contributed by atoms with Gasteiger partial charge in [-0.1, -0.05) is 18.2 Å². The number of hydrogen-bond donors (Lipinski definition) is 1. The molecule has 0 fully saturated rings. The minimum Gasteiger partial charge on any atom is -0.326 e. The van der Waals surface area contributed by atoms with Crippen LogP contribution in [-0.4, -0.2) is 9.78 Å². The zero-order valence-corrected chi connectivity index (χ0v) is 9.70. The Bertz CT molecular complexity index is 558. The summed E-state index contributed by atoms with van der Waals surface area (Å²) in [5.74, 6) is 0. The lowest BCUT2D eigenvalue weighted by molar-refractivity contribution is -0.143. The highest BCUT2D eigenvalue weighted by Crippen LogP contribution is 2.33. The number of rotatable bonds is 2. The highest BCUT2D eigenvalue weighted by Gasteiger charge is 2.38. The van der Waals surface area contributed by atoms with Crippen LogP contribution in [0.25, 0.3) is 5.69 Å². The number of alkyl halides is 3. The molecule has 0 spiro atoms. The topological polar surface area (TPSA) is 43.8 Å². The van der Waals surface area contributed by atoms with Gasteiger partial charge in [0.05, 0.1) is 11.9 Å². The zero-order chi connectivity index (χ0) is 13.3. The quantitative estimate of drug-likeness (QED) is 0.896. The van der Waals surface area contributed by atoms with Gasteiger partial charge in [-0.3, -0.25) is 0 Å². The van der Waals surface area contributed by atoms with Crippen LogP contribution in [-0.2, 0) is 12.7 Å². The summed E-state index contributed by atoms with van der Waals surface area (Å²) in [6.07, 6.45) is -3.32. The fourth-order valence-electron chi connectivity index (χ4n) is 1.82. The molecule has 0 amide bonds. The van der Waals surface area contributed by atoms with Gasteiger partial charge in [-0.05, 0) is 18.6 Å². The molecular weight excluding hydrogens is 243 g/mol. The molecular formula is C12H12F3N3. The molecule has 0 unspecified atom stereocenters. The molecule has 0 bridgehead atoms. The van der Waals surface area contributed by atoms with Gasteiger partial charge in [0.2, 0.25) is 0 Å². The number of halogens is 3. The molecule has 0 aliphatic carbocycles. The second-order valence-corrected chi connectivity index (χ2v) is 3.92. The van der Waals surface area contributed by atoms with Gasteiger partial charge < -0.3 is 5.73 Å². The molecule has 6 heteroatoms. The molecule has 1 aromatic carbocycles. The van der Waals surface area contributed by atoms with Gasteiger partial charge in [0, 0.05) is 12.1 Å². The summed E-state index contributed by atoms with van der Waals surface area (Å²) in [5.41, 5.74) is 5.63. The van der Waals surface area contributed by atoms with Crippen LogP contribution in [0.15, 0.2) is 30.5 Å². The lowest BCUT2D eigenvalue weighted by Gasteiger charge is -2.13. The summed E-state index contributed by atoms with van der Waals surface area (Å²) < 4.78 is 40.0. The first-order valence-electron chi connectivity index (χ1n) is 5.35. The SMILES string of the molecule is Cc1ccccc1-n1ncc(CN)c1C(F)(F)F. The van der Waals surface area contributed by atoms with Crippen molar-refractivity contribution < 1.29 is 13.2 Å². The minimum atomic E-state index is -4.48. The van der Waals surface area contributed by atoms with Gasteiger partial charge >= 0.3 is 6.18 Å². The number of hydrogen-bond acceptors (Lipinski definition) is 2. The fraction of sp³-hybridized carbons (Fsp3) is 0.250. The summed E-state index contributed by atoms with van der Waals surface area (Å²) in [4.78, 5) is 0. The molecule has 0 atom stereocenters. The van der Waals surface area contributed by atoms with Crippen LogP contribution in [0.4, 0.5) is 13.2 Å². The summed E-state index contributed by atoms with van der Waals surface area (Å²) in [6, 6.07) is 6.77. The van der Waals surface area contributed by atoms with Crippen molar-refractivity contribution in [2.75, 3.05) is 0 Å². The van der Waals surface area contributed by atoms with E-state index in [1.165, 1.54) is 0 Å². The number of nitrogens with two attached hydrogens (primary N) is 1. The van der Waals surface area contributed by atoms with E-state index in [0.29, 0.717) is 5.69 Å². The monoisotopic (exact) mass is 255 g/mol. The first-order chi connectivity index (χ1) is 8.45. The molecule has 2 N–H and O–H groups in total. The van der Waals surface area contributed by atoms with E-state index in [4.69, 9.17) is 5.73 Å². The maximum atomic E-state index is 13.0. The Kier molecular flexibility index (Phi) is 3.13. The van der Waals surface area contributed by atoms with E-state index in [1.54, 1.807) is 31.2 Å². The minimum absolute atomic E-state index is 0.00856. The number of para-hydroxylation sites is 1. The van der Waals surface area contributed by atoms with E-state index in [0.717, 1.165) is 16.4 Å². The summed E-state index contributed by atoms with van der Waals surface area (Å²) in [6.45, 7) is 1.54. The summed E-state index contributed by atoms with van der Waals surface area (Å²) in [7, 11) is 0. The van der Waals surface area contributed by atoms with Crippen molar-refractivity contribution >= 4 is 0 Å². The number of aromatic nitrogens is 2. The molecule has 0 radical (unpaired) electrons. The lowest BCUT2D eigenvalue weighted by Crippen LogP contribution is -2.17. The number of benzene rings is 1. The Hall–Kier alpha value is -1.82. The third-order valence-corrected chi connectivity index (χ3v) is 2.68. The van der Waals surface area contributed by atoms with Crippen molar-refractivity contribution in [1.82, 2.24) is 9.78 Å². The second-order valence-electron chi connectivity index (χ2n) is 3.92. The van der Waals surface area contributed by atoms with Crippen LogP contribution in [0.3, 0.4) is 0 Å². The molecule has 0 saturated heterocycles.